The third-order valence-corrected chi connectivity index (χ3v) is 4.16. The average Bonchev–Trinajstić information content (AvgIpc) is 2.62. The Balaban J connectivity index is 2.43. The van der Waals surface area contributed by atoms with Crippen LogP contribution in [0.2, 0.25) is 0 Å². The fourth-order valence-electron chi connectivity index (χ4n) is 1.83. The zero-order valence-electron chi connectivity index (χ0n) is 10.8. The van der Waals surface area contributed by atoms with Crippen molar-refractivity contribution >= 4 is 39.8 Å². The average molecular weight is 356 g/mol. The maximum Gasteiger partial charge on any atom is 0.152 e. The maximum absolute atomic E-state index is 6.07. The molecule has 5 heteroatoms. The van der Waals surface area contributed by atoms with Gasteiger partial charge in [0.15, 0.2) is 5.82 Å². The summed E-state index contributed by atoms with van der Waals surface area (Å²) in [6, 6.07) is 6.18. The number of benzene rings is 1. The van der Waals surface area contributed by atoms with Gasteiger partial charge in [-0.3, -0.25) is 0 Å². The molecule has 1 aromatic heterocycles. The van der Waals surface area contributed by atoms with E-state index < -0.39 is 0 Å². The zero-order valence-corrected chi connectivity index (χ0v) is 12.9. The van der Waals surface area contributed by atoms with Crippen molar-refractivity contribution in [1.82, 2.24) is 9.78 Å². The van der Waals surface area contributed by atoms with Gasteiger partial charge in [-0.15, -0.1) is 0 Å². The topological polar surface area (TPSA) is 55.9 Å². The number of halogens is 1. The number of nitrogens with zero attached hydrogens (tertiary/aromatic N) is 2. The van der Waals surface area contributed by atoms with Crippen molar-refractivity contribution in [3.8, 4) is 0 Å². The van der Waals surface area contributed by atoms with E-state index in [0.717, 1.165) is 29.4 Å². The summed E-state index contributed by atoms with van der Waals surface area (Å²) in [5.74, 6) is 0.875. The minimum Gasteiger partial charge on any atom is -0.394 e. The summed E-state index contributed by atoms with van der Waals surface area (Å²) in [6.07, 6.45) is 0. The highest BCUT2D eigenvalue weighted by molar-refractivity contribution is 14.1. The highest BCUT2D eigenvalue weighted by atomic mass is 127. The summed E-state index contributed by atoms with van der Waals surface area (Å²) in [5, 5.41) is 7.80. The third kappa shape index (κ3) is 2.31. The van der Waals surface area contributed by atoms with Crippen LogP contribution < -0.4 is 11.1 Å². The first-order chi connectivity index (χ1) is 8.54. The van der Waals surface area contributed by atoms with Gasteiger partial charge in [-0.25, -0.2) is 4.68 Å². The fourth-order valence-corrected chi connectivity index (χ4v) is 2.32. The van der Waals surface area contributed by atoms with E-state index in [4.69, 9.17) is 5.73 Å². The minimum atomic E-state index is 0.718. The number of aryl methyl sites for hydroxylation is 2. The van der Waals surface area contributed by atoms with Crippen LogP contribution in [0.3, 0.4) is 0 Å². The van der Waals surface area contributed by atoms with Crippen LogP contribution in [0.5, 0.6) is 0 Å². The Kier molecular flexibility index (Phi) is 3.79. The van der Waals surface area contributed by atoms with E-state index in [9.17, 15) is 0 Å². The van der Waals surface area contributed by atoms with Crippen LogP contribution in [0.4, 0.5) is 17.2 Å². The lowest BCUT2D eigenvalue weighted by molar-refractivity contribution is 0.661. The first-order valence-corrected chi connectivity index (χ1v) is 6.97. The Morgan fingerprint density at radius 2 is 2.11 bits per heavy atom. The largest absolute Gasteiger partial charge is 0.394 e. The van der Waals surface area contributed by atoms with Gasteiger partial charge in [0.2, 0.25) is 0 Å². The highest BCUT2D eigenvalue weighted by Gasteiger charge is 2.12. The lowest BCUT2D eigenvalue weighted by atomic mass is 10.2. The van der Waals surface area contributed by atoms with E-state index in [1.807, 2.05) is 17.7 Å². The predicted octanol–water partition coefficient (Wildman–Crippen LogP) is 3.45. The number of nitrogens with one attached hydrogen (secondary N) is 1. The Morgan fingerprint density at radius 1 is 1.39 bits per heavy atom. The maximum atomic E-state index is 6.07. The van der Waals surface area contributed by atoms with Crippen LogP contribution in [0.1, 0.15) is 18.2 Å². The molecule has 1 heterocycles. The van der Waals surface area contributed by atoms with E-state index in [1.165, 1.54) is 9.13 Å². The van der Waals surface area contributed by atoms with Gasteiger partial charge in [0.05, 0.1) is 11.4 Å². The van der Waals surface area contributed by atoms with Gasteiger partial charge in [-0.2, -0.15) is 5.10 Å². The Morgan fingerprint density at radius 3 is 2.78 bits per heavy atom. The van der Waals surface area contributed by atoms with Gasteiger partial charge in [-0.1, -0.05) is 6.07 Å². The fraction of sp³-hybridized carbons (Fsp3) is 0.308. The second kappa shape index (κ2) is 5.17. The molecule has 0 unspecified atom stereocenters. The van der Waals surface area contributed by atoms with Crippen molar-refractivity contribution < 1.29 is 0 Å². The molecule has 0 saturated carbocycles. The molecule has 1 aromatic carbocycles. The van der Waals surface area contributed by atoms with Gasteiger partial charge in [-0.05, 0) is 61.1 Å². The molecule has 0 radical (unpaired) electrons. The summed E-state index contributed by atoms with van der Waals surface area (Å²) in [5.41, 5.74) is 9.94. The molecule has 0 fully saturated rings. The summed E-state index contributed by atoms with van der Waals surface area (Å²) < 4.78 is 3.12. The summed E-state index contributed by atoms with van der Waals surface area (Å²) in [7, 11) is 0. The quantitative estimate of drug-likeness (QED) is 0.829. The number of nitrogens with two attached hydrogens (primary N) is 1. The second-order valence-electron chi connectivity index (χ2n) is 4.20. The molecule has 0 bridgehead atoms. The van der Waals surface area contributed by atoms with Crippen molar-refractivity contribution in [2.45, 2.75) is 27.3 Å². The van der Waals surface area contributed by atoms with Crippen LogP contribution in [0.25, 0.3) is 0 Å². The molecule has 0 amide bonds. The molecule has 2 rings (SSSR count). The van der Waals surface area contributed by atoms with Crippen LogP contribution in [0, 0.1) is 17.4 Å². The van der Waals surface area contributed by atoms with Crippen LogP contribution in [0.15, 0.2) is 18.2 Å². The van der Waals surface area contributed by atoms with E-state index in [0.29, 0.717) is 0 Å². The molecule has 0 saturated heterocycles. The van der Waals surface area contributed by atoms with Gasteiger partial charge < -0.3 is 11.1 Å². The molecule has 0 atom stereocenters. The molecular weight excluding hydrogens is 339 g/mol. The van der Waals surface area contributed by atoms with Gasteiger partial charge in [0.25, 0.3) is 0 Å². The normalized spacial score (nSPS) is 10.7. The number of rotatable bonds is 3. The number of anilines is 3. The molecular formula is C13H17IN4. The van der Waals surface area contributed by atoms with E-state index in [2.05, 4.69) is 59.0 Å². The van der Waals surface area contributed by atoms with E-state index >= 15 is 0 Å². The second-order valence-corrected chi connectivity index (χ2v) is 5.36. The van der Waals surface area contributed by atoms with Crippen LogP contribution in [-0.2, 0) is 6.54 Å². The first-order valence-electron chi connectivity index (χ1n) is 5.89. The zero-order chi connectivity index (χ0) is 13.3. The molecule has 4 nitrogen and oxygen atoms in total. The minimum absolute atomic E-state index is 0.718. The molecule has 0 aliphatic heterocycles. The lowest BCUT2D eigenvalue weighted by Gasteiger charge is -2.12. The van der Waals surface area contributed by atoms with Crippen LogP contribution in [-0.4, -0.2) is 9.78 Å². The summed E-state index contributed by atoms with van der Waals surface area (Å²) >= 11 is 2.33. The number of aromatic nitrogens is 2. The van der Waals surface area contributed by atoms with Crippen molar-refractivity contribution in [1.29, 1.82) is 0 Å². The van der Waals surface area contributed by atoms with Crippen molar-refractivity contribution in [3.63, 3.8) is 0 Å². The molecule has 0 spiro atoms. The number of hydrogen-bond acceptors (Lipinski definition) is 3. The molecule has 0 aliphatic carbocycles. The Labute approximate surface area is 121 Å². The smallest absolute Gasteiger partial charge is 0.152 e. The number of nitrogen functional groups attached to an aromatic ring is 1. The highest BCUT2D eigenvalue weighted by Crippen LogP contribution is 2.29. The van der Waals surface area contributed by atoms with Gasteiger partial charge >= 0.3 is 0 Å². The van der Waals surface area contributed by atoms with E-state index in [-0.39, 0.29) is 0 Å². The molecule has 0 aliphatic rings. The molecule has 2 aromatic rings. The Bertz CT molecular complexity index is 575. The van der Waals surface area contributed by atoms with E-state index in [1.54, 1.807) is 0 Å². The predicted molar refractivity (Wildman–Crippen MR) is 84.2 cm³/mol. The molecule has 18 heavy (non-hydrogen) atoms. The van der Waals surface area contributed by atoms with Crippen molar-refractivity contribution in [3.05, 3.63) is 33.0 Å². The van der Waals surface area contributed by atoms with Crippen molar-refractivity contribution in [2.24, 2.45) is 0 Å². The Hall–Kier alpha value is -1.24. The van der Waals surface area contributed by atoms with Gasteiger partial charge in [0, 0.05) is 15.8 Å². The summed E-state index contributed by atoms with van der Waals surface area (Å²) in [4.78, 5) is 0. The standard InChI is InChI=1S/C13H17IN4/c1-4-18-13(12(15)9(3)17-18)16-11-7-5-6-10(14)8(11)2/h5-7,16H,4,15H2,1-3H3. The summed E-state index contributed by atoms with van der Waals surface area (Å²) in [6.45, 7) is 6.87. The van der Waals surface area contributed by atoms with Crippen molar-refractivity contribution in [2.75, 3.05) is 11.1 Å². The molecule has 96 valence electrons. The SMILES string of the molecule is CCn1nc(C)c(N)c1Nc1cccc(I)c1C. The first kappa shape index (κ1) is 13.2. The monoisotopic (exact) mass is 356 g/mol. The number of hydrogen-bond donors (Lipinski definition) is 2. The third-order valence-electron chi connectivity index (χ3n) is 2.99. The lowest BCUT2D eigenvalue weighted by Crippen LogP contribution is -2.05. The van der Waals surface area contributed by atoms with Crippen LogP contribution >= 0.6 is 22.6 Å². The molecule has 3 N–H and O–H groups in total. The van der Waals surface area contributed by atoms with Gasteiger partial charge in [0.1, 0.15) is 0 Å².